The Morgan fingerprint density at radius 1 is 0.447 bits per heavy atom. The Kier molecular flexibility index (Phi) is 4.14. The molecule has 0 unspecified atom stereocenters. The van der Waals surface area contributed by atoms with E-state index in [9.17, 15) is 4.79 Å². The number of rotatable bonds is 1. The summed E-state index contributed by atoms with van der Waals surface area (Å²) < 4.78 is 0. The van der Waals surface area contributed by atoms with Crippen LogP contribution in [-0.2, 0) is 0 Å². The van der Waals surface area contributed by atoms with Gasteiger partial charge in [0.2, 0.25) is 0 Å². The Balaban J connectivity index is 1.79. The summed E-state index contributed by atoms with van der Waals surface area (Å²) in [5.41, 5.74) is 0.335. The number of hydrogen-bond acceptors (Lipinski definition) is 1. The van der Waals surface area contributed by atoms with E-state index in [0.717, 1.165) is 32.5 Å². The summed E-state index contributed by atoms with van der Waals surface area (Å²) in [4.78, 5) is 14.1. The normalized spacial score (nSPS) is 12.7. The van der Waals surface area contributed by atoms with Crippen molar-refractivity contribution in [3.8, 4) is 0 Å². The average molecular weight is 487 g/mol. The summed E-state index contributed by atoms with van der Waals surface area (Å²) in [7, 11) is 0. The standard InChI is InChI=1S/C37H26O/c1-37(2,3)36(38)35-28-12-6-11-27-23-8-4-7-22(17-23)26-10-5-9-24-18-25-14-13-21-15-16-29(35)33(20-32(27)28)34(21)31(25)19-30(24)26/h4-20H,1-3H3. The van der Waals surface area contributed by atoms with Gasteiger partial charge < -0.3 is 0 Å². The lowest BCUT2D eigenvalue weighted by atomic mass is 9.80. The third-order valence-corrected chi connectivity index (χ3v) is 8.37. The molecule has 38 heavy (non-hydrogen) atoms. The van der Waals surface area contributed by atoms with E-state index in [2.05, 4.69) is 103 Å². The zero-order valence-corrected chi connectivity index (χ0v) is 21.7. The fraction of sp³-hybridized carbons (Fsp3) is 0.108. The maximum absolute atomic E-state index is 14.1. The Hall–Kier alpha value is -4.49. The molecule has 0 aliphatic heterocycles. The Morgan fingerprint density at radius 2 is 0.947 bits per heavy atom. The predicted molar refractivity (Wildman–Crippen MR) is 164 cm³/mol. The predicted octanol–water partition coefficient (Wildman–Crippen LogP) is 10.4. The molecule has 8 aromatic rings. The molecule has 0 heterocycles. The van der Waals surface area contributed by atoms with Crippen molar-refractivity contribution in [3.63, 3.8) is 0 Å². The number of hydrogen-bond donors (Lipinski definition) is 0. The molecule has 8 rings (SSSR count). The second-order valence-corrected chi connectivity index (χ2v) is 11.7. The number of ketones is 1. The molecule has 6 bridgehead atoms. The maximum atomic E-state index is 14.1. The first-order valence-corrected chi connectivity index (χ1v) is 13.3. The summed E-state index contributed by atoms with van der Waals surface area (Å²) >= 11 is 0. The molecule has 0 radical (unpaired) electrons. The van der Waals surface area contributed by atoms with Gasteiger partial charge in [0.25, 0.3) is 0 Å². The molecule has 0 saturated carbocycles. The molecular weight excluding hydrogens is 460 g/mol. The Labute approximate surface area is 220 Å². The number of Topliss-reactive ketones (excluding diaryl/α,β-unsaturated/α-hetero) is 1. The zero-order valence-electron chi connectivity index (χ0n) is 21.7. The van der Waals surface area contributed by atoms with Gasteiger partial charge in [-0.05, 0) is 99.7 Å². The van der Waals surface area contributed by atoms with E-state index in [-0.39, 0.29) is 5.78 Å². The van der Waals surface area contributed by atoms with Crippen molar-refractivity contribution in [3.05, 3.63) is 109 Å². The SMILES string of the molecule is CC(C)(C)C(=O)c1c2cccc3c4cccc(c4)c4cccc5cc6ccc7ccc1c(cc23)c7c6cc54. The molecule has 0 amide bonds. The summed E-state index contributed by atoms with van der Waals surface area (Å²) in [6.45, 7) is 6.07. The van der Waals surface area contributed by atoms with E-state index in [1.807, 2.05) is 20.8 Å². The highest BCUT2D eigenvalue weighted by molar-refractivity contribution is 6.31. The highest BCUT2D eigenvalue weighted by atomic mass is 16.1. The second kappa shape index (κ2) is 7.30. The zero-order chi connectivity index (χ0) is 25.8. The fourth-order valence-electron chi connectivity index (χ4n) is 6.53. The molecule has 180 valence electrons. The quantitative estimate of drug-likeness (QED) is 0.128. The van der Waals surface area contributed by atoms with Crippen molar-refractivity contribution >= 4 is 81.2 Å². The van der Waals surface area contributed by atoms with Gasteiger partial charge in [0, 0.05) is 11.0 Å². The van der Waals surface area contributed by atoms with Gasteiger partial charge in [0.05, 0.1) is 0 Å². The van der Waals surface area contributed by atoms with Crippen LogP contribution in [0.2, 0.25) is 0 Å². The Bertz CT molecular complexity index is 2280. The number of carbonyl (C=O) groups is 1. The lowest BCUT2D eigenvalue weighted by molar-refractivity contribution is 0.0862. The van der Waals surface area contributed by atoms with Crippen molar-refractivity contribution in [2.24, 2.45) is 5.41 Å². The number of carbonyl (C=O) groups excluding carboxylic acids is 1. The molecule has 0 aliphatic rings. The van der Waals surface area contributed by atoms with Crippen LogP contribution in [0, 0.1) is 5.41 Å². The smallest absolute Gasteiger partial charge is 0.169 e. The van der Waals surface area contributed by atoms with Gasteiger partial charge in [-0.15, -0.1) is 0 Å². The van der Waals surface area contributed by atoms with Crippen LogP contribution in [0.1, 0.15) is 31.1 Å². The monoisotopic (exact) mass is 486 g/mol. The minimum absolute atomic E-state index is 0.179. The molecule has 0 saturated heterocycles. The van der Waals surface area contributed by atoms with Gasteiger partial charge >= 0.3 is 0 Å². The second-order valence-electron chi connectivity index (χ2n) is 11.7. The Morgan fingerprint density at radius 3 is 1.68 bits per heavy atom. The third kappa shape index (κ3) is 2.85. The number of fused-ring (bicyclic) bond motifs is 4. The molecule has 0 aromatic heterocycles. The molecule has 8 aromatic carbocycles. The van der Waals surface area contributed by atoms with Crippen molar-refractivity contribution < 1.29 is 4.79 Å². The van der Waals surface area contributed by atoms with E-state index >= 15 is 0 Å². The first-order valence-electron chi connectivity index (χ1n) is 13.3. The van der Waals surface area contributed by atoms with Crippen LogP contribution in [0.25, 0.3) is 75.4 Å². The van der Waals surface area contributed by atoms with Crippen LogP contribution in [0.3, 0.4) is 0 Å². The maximum Gasteiger partial charge on any atom is 0.169 e. The van der Waals surface area contributed by atoms with Crippen LogP contribution in [0.5, 0.6) is 0 Å². The molecular formula is C37H26O. The van der Waals surface area contributed by atoms with Gasteiger partial charge in [-0.3, -0.25) is 4.79 Å². The van der Waals surface area contributed by atoms with E-state index in [1.54, 1.807) is 0 Å². The molecule has 0 spiro atoms. The van der Waals surface area contributed by atoms with Crippen molar-refractivity contribution in [2.75, 3.05) is 0 Å². The van der Waals surface area contributed by atoms with E-state index in [4.69, 9.17) is 0 Å². The highest BCUT2D eigenvalue weighted by Gasteiger charge is 2.27. The van der Waals surface area contributed by atoms with Crippen LogP contribution in [-0.4, -0.2) is 5.78 Å². The first kappa shape index (κ1) is 21.6. The average Bonchev–Trinajstić information content (AvgIpc) is 2.92. The van der Waals surface area contributed by atoms with Gasteiger partial charge in [-0.2, -0.15) is 0 Å². The third-order valence-electron chi connectivity index (χ3n) is 8.37. The minimum atomic E-state index is -0.499. The van der Waals surface area contributed by atoms with Crippen LogP contribution in [0.15, 0.2) is 103 Å². The molecule has 0 aliphatic carbocycles. The summed E-state index contributed by atoms with van der Waals surface area (Å²) in [5.74, 6) is 0.179. The van der Waals surface area contributed by atoms with Gasteiger partial charge in [-0.1, -0.05) is 99.6 Å². The van der Waals surface area contributed by atoms with E-state index in [1.165, 1.54) is 48.5 Å². The first-order chi connectivity index (χ1) is 18.4. The molecule has 0 N–H and O–H groups in total. The molecule has 1 nitrogen and oxygen atoms in total. The van der Waals surface area contributed by atoms with Gasteiger partial charge in [0.15, 0.2) is 5.78 Å². The van der Waals surface area contributed by atoms with E-state index in [0.29, 0.717) is 0 Å². The van der Waals surface area contributed by atoms with Crippen molar-refractivity contribution in [2.45, 2.75) is 20.8 Å². The molecule has 0 atom stereocenters. The molecule has 0 fully saturated rings. The number of benzene rings is 7. The van der Waals surface area contributed by atoms with Crippen LogP contribution >= 0.6 is 0 Å². The van der Waals surface area contributed by atoms with E-state index < -0.39 is 5.41 Å². The van der Waals surface area contributed by atoms with Gasteiger partial charge in [-0.25, -0.2) is 0 Å². The summed E-state index contributed by atoms with van der Waals surface area (Å²) in [6, 6.07) is 37.7. The lowest BCUT2D eigenvalue weighted by Gasteiger charge is -2.21. The summed E-state index contributed by atoms with van der Waals surface area (Å²) in [6.07, 6.45) is 0. The fourth-order valence-corrected chi connectivity index (χ4v) is 6.53. The van der Waals surface area contributed by atoms with Crippen LogP contribution < -0.4 is 0 Å². The topological polar surface area (TPSA) is 17.1 Å². The minimum Gasteiger partial charge on any atom is -0.294 e. The van der Waals surface area contributed by atoms with Crippen LogP contribution in [0.4, 0.5) is 0 Å². The van der Waals surface area contributed by atoms with Crippen molar-refractivity contribution in [1.29, 1.82) is 0 Å². The molecule has 1 heteroatoms. The highest BCUT2D eigenvalue weighted by Crippen LogP contribution is 2.42. The van der Waals surface area contributed by atoms with Gasteiger partial charge in [0.1, 0.15) is 0 Å². The lowest BCUT2D eigenvalue weighted by Crippen LogP contribution is -2.20. The summed E-state index contributed by atoms with van der Waals surface area (Å²) in [5, 5.41) is 16.5. The largest absolute Gasteiger partial charge is 0.294 e. The van der Waals surface area contributed by atoms with Crippen molar-refractivity contribution in [1.82, 2.24) is 0 Å².